The molecule has 2 saturated carbocycles. The van der Waals surface area contributed by atoms with Gasteiger partial charge >= 0.3 is 0 Å². The molecule has 1 aromatic heterocycles. The minimum atomic E-state index is 0.0264. The van der Waals surface area contributed by atoms with Gasteiger partial charge in [0, 0.05) is 52.4 Å². The summed E-state index contributed by atoms with van der Waals surface area (Å²) in [7, 11) is 1.96. The fourth-order valence-electron chi connectivity index (χ4n) is 6.03. The molecule has 2 heterocycles. The molecule has 1 N–H and O–H groups in total. The van der Waals surface area contributed by atoms with Crippen molar-refractivity contribution in [2.45, 2.75) is 50.0 Å². The number of phenols is 1. The molecule has 3 aliphatic rings. The van der Waals surface area contributed by atoms with Gasteiger partial charge in [0.1, 0.15) is 5.75 Å². The third-order valence-corrected chi connectivity index (χ3v) is 9.75. The van der Waals surface area contributed by atoms with Crippen LogP contribution >= 0.6 is 27.3 Å². The second-order valence-corrected chi connectivity index (χ2v) is 12.1. The van der Waals surface area contributed by atoms with Gasteiger partial charge in [-0.25, -0.2) is 0 Å². The number of piperidine rings is 1. The summed E-state index contributed by atoms with van der Waals surface area (Å²) in [5.41, 5.74) is 1.28. The van der Waals surface area contributed by atoms with Crippen LogP contribution in [0, 0.1) is 11.8 Å². The molecule has 0 radical (unpaired) electrons. The Morgan fingerprint density at radius 2 is 2.15 bits per heavy atom. The highest BCUT2D eigenvalue weighted by Crippen LogP contribution is 2.51. The molecule has 1 amide bonds. The van der Waals surface area contributed by atoms with Crippen LogP contribution in [0.2, 0.25) is 0 Å². The normalized spacial score (nSPS) is 28.1. The first-order chi connectivity index (χ1) is 15.9. The molecule has 0 bridgehead atoms. The monoisotopic (exact) mass is 528 g/mol. The smallest absolute Gasteiger partial charge is 0.246 e. The van der Waals surface area contributed by atoms with Gasteiger partial charge in [-0.15, -0.1) is 11.3 Å². The van der Waals surface area contributed by atoms with E-state index in [2.05, 4.69) is 26.9 Å². The number of halogens is 1. The molecular formula is C27H33BrN2O2S. The fraction of sp³-hybridized carbons (Fsp3) is 0.519. The van der Waals surface area contributed by atoms with E-state index in [1.54, 1.807) is 23.5 Å². The van der Waals surface area contributed by atoms with E-state index in [1.165, 1.54) is 24.9 Å². The average Bonchev–Trinajstić information content (AvgIpc) is 3.54. The maximum atomic E-state index is 13.0. The van der Waals surface area contributed by atoms with E-state index in [-0.39, 0.29) is 17.4 Å². The number of nitrogens with zero attached hydrogens (tertiary/aromatic N) is 2. The maximum Gasteiger partial charge on any atom is 0.246 e. The summed E-state index contributed by atoms with van der Waals surface area (Å²) in [5.74, 6) is 1.90. The number of hydrogen-bond acceptors (Lipinski definition) is 4. The SMILES string of the molecule is CN(C(=O)/C=C/c1cc(Br)cs1)[C@H]1CC[C@@H]2CN(CC3CC3)CC[C@@]2(c2cccc(O)c2)C1. The predicted molar refractivity (Wildman–Crippen MR) is 139 cm³/mol. The lowest BCUT2D eigenvalue weighted by Crippen LogP contribution is -2.56. The Bertz CT molecular complexity index is 1030. The van der Waals surface area contributed by atoms with Crippen LogP contribution in [0.15, 0.2) is 46.3 Å². The Hall–Kier alpha value is -1.63. The molecular weight excluding hydrogens is 496 g/mol. The number of rotatable bonds is 6. The zero-order valence-electron chi connectivity index (χ0n) is 19.3. The van der Waals surface area contributed by atoms with E-state index in [0.29, 0.717) is 11.7 Å². The molecule has 6 heteroatoms. The van der Waals surface area contributed by atoms with E-state index in [1.807, 2.05) is 41.6 Å². The standard InChI is InChI=1S/C27H33BrN2O2S/c1-29(26(32)10-9-25-14-22(28)18-33-25)23-8-7-21-17-30(16-19-5-6-19)12-11-27(21,15-23)20-3-2-4-24(31)13-20/h2-4,9-10,13-14,18-19,21,23,31H,5-8,11-12,15-17H2,1H3/b10-9+/t21-,23+,27+/m1/s1. The second-order valence-electron chi connectivity index (χ2n) is 10.2. The van der Waals surface area contributed by atoms with E-state index >= 15 is 0 Å². The third kappa shape index (κ3) is 5.08. The number of thiophene rings is 1. The number of benzene rings is 1. The van der Waals surface area contributed by atoms with Crippen molar-refractivity contribution in [3.63, 3.8) is 0 Å². The Morgan fingerprint density at radius 1 is 1.30 bits per heavy atom. The lowest BCUT2D eigenvalue weighted by atomic mass is 9.57. The summed E-state index contributed by atoms with van der Waals surface area (Å²) in [6.45, 7) is 3.50. The van der Waals surface area contributed by atoms with Crippen molar-refractivity contribution >= 4 is 39.2 Å². The van der Waals surface area contributed by atoms with E-state index < -0.39 is 0 Å². The molecule has 3 fully saturated rings. The van der Waals surface area contributed by atoms with Crippen LogP contribution in [0.3, 0.4) is 0 Å². The molecule has 1 aromatic carbocycles. The number of carbonyl (C=O) groups excluding carboxylic acids is 1. The highest BCUT2D eigenvalue weighted by molar-refractivity contribution is 9.10. The van der Waals surface area contributed by atoms with Crippen LogP contribution < -0.4 is 0 Å². The van der Waals surface area contributed by atoms with Crippen LogP contribution in [0.25, 0.3) is 6.08 Å². The number of fused-ring (bicyclic) bond motifs is 1. The first-order valence-corrected chi connectivity index (χ1v) is 13.8. The number of phenolic OH excluding ortho intramolecular Hbond substituents is 1. The summed E-state index contributed by atoms with van der Waals surface area (Å²) < 4.78 is 1.05. The number of carbonyl (C=O) groups is 1. The predicted octanol–water partition coefficient (Wildman–Crippen LogP) is 5.91. The minimum Gasteiger partial charge on any atom is -0.508 e. The van der Waals surface area contributed by atoms with Crippen LogP contribution in [-0.2, 0) is 10.2 Å². The van der Waals surface area contributed by atoms with Gasteiger partial charge in [-0.05, 0) is 103 Å². The van der Waals surface area contributed by atoms with Crippen LogP contribution in [0.1, 0.15) is 49.0 Å². The molecule has 1 saturated heterocycles. The van der Waals surface area contributed by atoms with Crippen LogP contribution in [0.4, 0.5) is 0 Å². The van der Waals surface area contributed by atoms with Crippen LogP contribution in [0.5, 0.6) is 5.75 Å². The molecule has 176 valence electrons. The summed E-state index contributed by atoms with van der Waals surface area (Å²) in [4.78, 5) is 18.8. The number of amides is 1. The highest BCUT2D eigenvalue weighted by Gasteiger charge is 2.49. The third-order valence-electron chi connectivity index (χ3n) is 8.09. The molecule has 0 spiro atoms. The van der Waals surface area contributed by atoms with E-state index in [0.717, 1.165) is 54.0 Å². The zero-order chi connectivity index (χ0) is 23.0. The Balaban J connectivity index is 1.35. The largest absolute Gasteiger partial charge is 0.508 e. The maximum absolute atomic E-state index is 13.0. The molecule has 2 aliphatic carbocycles. The van der Waals surface area contributed by atoms with Crippen molar-refractivity contribution in [1.82, 2.24) is 9.80 Å². The summed E-state index contributed by atoms with van der Waals surface area (Å²) in [6.07, 6.45) is 10.7. The molecule has 3 atom stereocenters. The van der Waals surface area contributed by atoms with Crippen molar-refractivity contribution in [3.05, 3.63) is 56.7 Å². The van der Waals surface area contributed by atoms with Crippen molar-refractivity contribution in [2.75, 3.05) is 26.7 Å². The van der Waals surface area contributed by atoms with Crippen molar-refractivity contribution < 1.29 is 9.90 Å². The van der Waals surface area contributed by atoms with Gasteiger partial charge in [0.25, 0.3) is 0 Å². The number of hydrogen-bond donors (Lipinski definition) is 1. The van der Waals surface area contributed by atoms with Gasteiger partial charge < -0.3 is 14.9 Å². The van der Waals surface area contributed by atoms with Gasteiger partial charge in [-0.2, -0.15) is 0 Å². The van der Waals surface area contributed by atoms with Gasteiger partial charge in [0.05, 0.1) is 0 Å². The molecule has 2 aromatic rings. The Labute approximate surface area is 209 Å². The van der Waals surface area contributed by atoms with Gasteiger partial charge in [-0.3, -0.25) is 4.79 Å². The topological polar surface area (TPSA) is 43.8 Å². The molecule has 0 unspecified atom stereocenters. The molecule has 5 rings (SSSR count). The molecule has 33 heavy (non-hydrogen) atoms. The summed E-state index contributed by atoms with van der Waals surface area (Å²) in [6, 6.07) is 10.2. The van der Waals surface area contributed by atoms with E-state index in [9.17, 15) is 9.90 Å². The Kier molecular flexibility index (Phi) is 6.69. The highest BCUT2D eigenvalue weighted by atomic mass is 79.9. The van der Waals surface area contributed by atoms with E-state index in [4.69, 9.17) is 0 Å². The van der Waals surface area contributed by atoms with Gasteiger partial charge in [0.15, 0.2) is 0 Å². The van der Waals surface area contributed by atoms with Crippen LogP contribution in [-0.4, -0.2) is 53.5 Å². The molecule has 1 aliphatic heterocycles. The second kappa shape index (κ2) is 9.55. The number of aromatic hydroxyl groups is 1. The Morgan fingerprint density at radius 3 is 2.88 bits per heavy atom. The lowest BCUT2D eigenvalue weighted by Gasteiger charge is -2.54. The zero-order valence-corrected chi connectivity index (χ0v) is 21.7. The van der Waals surface area contributed by atoms with Crippen molar-refractivity contribution in [1.29, 1.82) is 0 Å². The first-order valence-electron chi connectivity index (χ1n) is 12.1. The van der Waals surface area contributed by atoms with Crippen molar-refractivity contribution in [2.24, 2.45) is 11.8 Å². The fourth-order valence-corrected chi connectivity index (χ4v) is 7.37. The average molecular weight is 530 g/mol. The van der Waals surface area contributed by atoms with Crippen molar-refractivity contribution in [3.8, 4) is 5.75 Å². The molecule has 4 nitrogen and oxygen atoms in total. The summed E-state index contributed by atoms with van der Waals surface area (Å²) in [5, 5.41) is 12.3. The quantitative estimate of drug-likeness (QED) is 0.474. The summed E-state index contributed by atoms with van der Waals surface area (Å²) >= 11 is 5.10. The first kappa shape index (κ1) is 23.1. The van der Waals surface area contributed by atoms with Gasteiger partial charge in [0.2, 0.25) is 5.91 Å². The van der Waals surface area contributed by atoms with Gasteiger partial charge in [-0.1, -0.05) is 12.1 Å². The number of likely N-dealkylation sites (N-methyl/N-ethyl adjacent to an activating group) is 1. The lowest BCUT2D eigenvalue weighted by molar-refractivity contribution is -0.128. The minimum absolute atomic E-state index is 0.0264. The number of likely N-dealkylation sites (tertiary alicyclic amines) is 1.